The first kappa shape index (κ1) is 20.3. The average molecular weight is 365 g/mol. The van der Waals surface area contributed by atoms with Gasteiger partial charge in [0.25, 0.3) is 0 Å². The van der Waals surface area contributed by atoms with E-state index in [-0.39, 0.29) is 6.04 Å². The predicted molar refractivity (Wildman–Crippen MR) is 107 cm³/mol. The van der Waals surface area contributed by atoms with Crippen molar-refractivity contribution in [3.63, 3.8) is 0 Å². The highest BCUT2D eigenvalue weighted by Crippen LogP contribution is 2.26. The second-order valence-corrected chi connectivity index (χ2v) is 6.36. The number of rotatable bonds is 4. The number of halogens is 1. The standard InChI is InChI=1S/C15H13FO2.C8H11N/c1-10(15(17)18)12-7-8-13(14(16)9-12)11-5-3-2-4-6-11;1-7(9)8-5-3-2-4-6-8/h2-10H,1H3,(H,17,18);2-7H,9H2,1H3/t10-;7-/m11/s1. The largest absolute Gasteiger partial charge is 0.481 e. The van der Waals surface area contributed by atoms with E-state index in [1.54, 1.807) is 19.1 Å². The molecule has 2 atom stereocenters. The van der Waals surface area contributed by atoms with E-state index in [2.05, 4.69) is 0 Å². The highest BCUT2D eigenvalue weighted by atomic mass is 19.1. The third-order valence-corrected chi connectivity index (χ3v) is 4.27. The van der Waals surface area contributed by atoms with Crippen LogP contribution in [-0.4, -0.2) is 11.1 Å². The van der Waals surface area contributed by atoms with E-state index < -0.39 is 17.7 Å². The van der Waals surface area contributed by atoms with Crippen molar-refractivity contribution in [2.75, 3.05) is 0 Å². The molecule has 4 heteroatoms. The lowest BCUT2D eigenvalue weighted by Crippen LogP contribution is -2.07. The Kier molecular flexibility index (Phi) is 7.26. The van der Waals surface area contributed by atoms with E-state index in [1.807, 2.05) is 67.6 Å². The fourth-order valence-corrected chi connectivity index (χ4v) is 2.55. The van der Waals surface area contributed by atoms with Gasteiger partial charge in [-0.3, -0.25) is 4.79 Å². The Morgan fingerprint density at radius 1 is 0.889 bits per heavy atom. The van der Waals surface area contributed by atoms with Crippen LogP contribution in [0.25, 0.3) is 11.1 Å². The molecule has 27 heavy (non-hydrogen) atoms. The highest BCUT2D eigenvalue weighted by Gasteiger charge is 2.15. The maximum Gasteiger partial charge on any atom is 0.310 e. The van der Waals surface area contributed by atoms with Crippen molar-refractivity contribution in [1.82, 2.24) is 0 Å². The second kappa shape index (κ2) is 9.64. The summed E-state index contributed by atoms with van der Waals surface area (Å²) in [5.74, 6) is -2.06. The summed E-state index contributed by atoms with van der Waals surface area (Å²) in [5, 5.41) is 8.89. The van der Waals surface area contributed by atoms with Gasteiger partial charge in [0.1, 0.15) is 5.82 Å². The number of nitrogens with two attached hydrogens (primary N) is 1. The molecular weight excluding hydrogens is 341 g/mol. The Morgan fingerprint density at radius 3 is 1.89 bits per heavy atom. The first-order chi connectivity index (χ1) is 12.9. The maximum atomic E-state index is 14.0. The molecule has 0 aliphatic rings. The topological polar surface area (TPSA) is 63.3 Å². The zero-order valence-corrected chi connectivity index (χ0v) is 15.5. The van der Waals surface area contributed by atoms with Gasteiger partial charge in [0.05, 0.1) is 5.92 Å². The smallest absolute Gasteiger partial charge is 0.310 e. The molecule has 0 aliphatic heterocycles. The molecule has 3 N–H and O–H groups in total. The fraction of sp³-hybridized carbons (Fsp3) is 0.174. The Morgan fingerprint density at radius 2 is 1.44 bits per heavy atom. The van der Waals surface area contributed by atoms with Gasteiger partial charge in [-0.1, -0.05) is 72.8 Å². The minimum Gasteiger partial charge on any atom is -0.481 e. The number of benzene rings is 3. The molecule has 0 amide bonds. The van der Waals surface area contributed by atoms with Crippen LogP contribution in [0, 0.1) is 5.82 Å². The molecule has 3 aromatic rings. The van der Waals surface area contributed by atoms with Gasteiger partial charge in [-0.05, 0) is 36.6 Å². The van der Waals surface area contributed by atoms with Crippen molar-refractivity contribution in [3.8, 4) is 11.1 Å². The minimum atomic E-state index is -0.957. The average Bonchev–Trinajstić information content (AvgIpc) is 2.69. The molecule has 140 valence electrons. The third kappa shape index (κ3) is 5.76. The van der Waals surface area contributed by atoms with Gasteiger partial charge in [0.2, 0.25) is 0 Å². The Hall–Kier alpha value is -2.98. The zero-order chi connectivity index (χ0) is 19.8. The van der Waals surface area contributed by atoms with Gasteiger partial charge in [0.15, 0.2) is 0 Å². The molecule has 3 aromatic carbocycles. The molecule has 0 saturated heterocycles. The van der Waals surface area contributed by atoms with Crippen molar-refractivity contribution in [2.45, 2.75) is 25.8 Å². The SMILES string of the molecule is C[C@@H](C(=O)O)c1ccc(-c2ccccc2)c(F)c1.C[C@@H](N)c1ccccc1. The molecule has 0 spiro atoms. The van der Waals surface area contributed by atoms with Gasteiger partial charge in [0, 0.05) is 11.6 Å². The van der Waals surface area contributed by atoms with Gasteiger partial charge >= 0.3 is 5.97 Å². The van der Waals surface area contributed by atoms with Crippen LogP contribution in [0.4, 0.5) is 4.39 Å². The van der Waals surface area contributed by atoms with Crippen molar-refractivity contribution in [3.05, 3.63) is 95.8 Å². The summed E-state index contributed by atoms with van der Waals surface area (Å²) in [6, 6.07) is 24.0. The molecule has 0 saturated carbocycles. The molecule has 0 bridgehead atoms. The van der Waals surface area contributed by atoms with Crippen molar-refractivity contribution < 1.29 is 14.3 Å². The van der Waals surface area contributed by atoms with Crippen LogP contribution in [0.15, 0.2) is 78.9 Å². The summed E-state index contributed by atoms with van der Waals surface area (Å²) in [6.07, 6.45) is 0. The number of hydrogen-bond donors (Lipinski definition) is 2. The molecule has 3 nitrogen and oxygen atoms in total. The van der Waals surface area contributed by atoms with E-state index in [9.17, 15) is 9.18 Å². The number of hydrogen-bond acceptors (Lipinski definition) is 2. The number of aliphatic carboxylic acids is 1. The molecule has 0 heterocycles. The summed E-state index contributed by atoms with van der Waals surface area (Å²) in [4.78, 5) is 10.8. The summed E-state index contributed by atoms with van der Waals surface area (Å²) >= 11 is 0. The van der Waals surface area contributed by atoms with E-state index in [1.165, 1.54) is 11.6 Å². The monoisotopic (exact) mass is 365 g/mol. The number of carbonyl (C=O) groups is 1. The Bertz CT molecular complexity index is 864. The summed E-state index contributed by atoms with van der Waals surface area (Å²) in [6.45, 7) is 3.52. The van der Waals surface area contributed by atoms with Crippen LogP contribution in [0.1, 0.15) is 36.9 Å². The lowest BCUT2D eigenvalue weighted by molar-refractivity contribution is -0.138. The maximum absolute atomic E-state index is 14.0. The summed E-state index contributed by atoms with van der Waals surface area (Å²) in [7, 11) is 0. The van der Waals surface area contributed by atoms with Crippen LogP contribution >= 0.6 is 0 Å². The van der Waals surface area contributed by atoms with Crippen LogP contribution in [0.5, 0.6) is 0 Å². The molecule has 0 aromatic heterocycles. The molecule has 0 fully saturated rings. The zero-order valence-electron chi connectivity index (χ0n) is 15.5. The van der Waals surface area contributed by atoms with Gasteiger partial charge in [-0.2, -0.15) is 0 Å². The van der Waals surface area contributed by atoms with Crippen LogP contribution in [-0.2, 0) is 4.79 Å². The van der Waals surface area contributed by atoms with Crippen molar-refractivity contribution >= 4 is 5.97 Å². The highest BCUT2D eigenvalue weighted by molar-refractivity contribution is 5.76. The van der Waals surface area contributed by atoms with Crippen LogP contribution in [0.3, 0.4) is 0 Å². The van der Waals surface area contributed by atoms with Gasteiger partial charge in [-0.15, -0.1) is 0 Å². The second-order valence-electron chi connectivity index (χ2n) is 6.36. The van der Waals surface area contributed by atoms with E-state index >= 15 is 0 Å². The quantitative estimate of drug-likeness (QED) is 0.652. The predicted octanol–water partition coefficient (Wildman–Crippen LogP) is 5.39. The van der Waals surface area contributed by atoms with E-state index in [0.717, 1.165) is 5.56 Å². The van der Waals surface area contributed by atoms with E-state index in [0.29, 0.717) is 11.1 Å². The molecule has 0 aliphatic carbocycles. The first-order valence-corrected chi connectivity index (χ1v) is 8.78. The first-order valence-electron chi connectivity index (χ1n) is 8.78. The number of carboxylic acid groups (broad SMARTS) is 1. The normalized spacial score (nSPS) is 12.4. The summed E-state index contributed by atoms with van der Waals surface area (Å²) < 4.78 is 14.0. The number of carboxylic acids is 1. The summed E-state index contributed by atoms with van der Waals surface area (Å²) in [5.41, 5.74) is 8.54. The minimum absolute atomic E-state index is 0.159. The van der Waals surface area contributed by atoms with Crippen molar-refractivity contribution in [1.29, 1.82) is 0 Å². The van der Waals surface area contributed by atoms with Crippen LogP contribution < -0.4 is 5.73 Å². The van der Waals surface area contributed by atoms with Gasteiger partial charge in [-0.25, -0.2) is 4.39 Å². The fourth-order valence-electron chi connectivity index (χ4n) is 2.55. The lowest BCUT2D eigenvalue weighted by Gasteiger charge is -2.09. The van der Waals surface area contributed by atoms with Crippen LogP contribution in [0.2, 0.25) is 0 Å². The Balaban J connectivity index is 0.000000244. The third-order valence-electron chi connectivity index (χ3n) is 4.27. The molecule has 3 rings (SSSR count). The van der Waals surface area contributed by atoms with Crippen molar-refractivity contribution in [2.24, 2.45) is 5.73 Å². The Labute approximate surface area is 159 Å². The lowest BCUT2D eigenvalue weighted by atomic mass is 9.97. The molecular formula is C23H24FNO2. The van der Waals surface area contributed by atoms with Gasteiger partial charge < -0.3 is 10.8 Å². The van der Waals surface area contributed by atoms with E-state index in [4.69, 9.17) is 10.8 Å². The molecule has 0 radical (unpaired) electrons. The molecule has 0 unspecified atom stereocenters.